The van der Waals surface area contributed by atoms with Gasteiger partial charge < -0.3 is 15.7 Å². The minimum absolute atomic E-state index is 0.0373. The Labute approximate surface area is 96.9 Å². The molecule has 1 unspecified atom stereocenters. The summed E-state index contributed by atoms with van der Waals surface area (Å²) in [6, 6.07) is 8.25. The Balaban J connectivity index is 2.25. The second-order valence-electron chi connectivity index (χ2n) is 4.59. The fourth-order valence-electron chi connectivity index (χ4n) is 2.33. The number of aliphatic hydroxyl groups is 1. The van der Waals surface area contributed by atoms with Crippen LogP contribution in [-0.2, 0) is 0 Å². The molecule has 2 rings (SSSR count). The molecule has 0 bridgehead atoms. The number of nitrogens with two attached hydrogens (primary N) is 1. The van der Waals surface area contributed by atoms with E-state index in [0.29, 0.717) is 0 Å². The summed E-state index contributed by atoms with van der Waals surface area (Å²) in [7, 11) is 0. The van der Waals surface area contributed by atoms with Crippen LogP contribution in [0.15, 0.2) is 24.3 Å². The summed E-state index contributed by atoms with van der Waals surface area (Å²) in [5.41, 5.74) is 8.31. The van der Waals surface area contributed by atoms with Gasteiger partial charge in [0, 0.05) is 24.8 Å². The Morgan fingerprint density at radius 2 is 2.19 bits per heavy atom. The lowest BCUT2D eigenvalue weighted by atomic mass is 10.0. The second-order valence-corrected chi connectivity index (χ2v) is 4.59. The lowest BCUT2D eigenvalue weighted by Gasteiger charge is -2.34. The van der Waals surface area contributed by atoms with Gasteiger partial charge in [0.15, 0.2) is 0 Å². The molecule has 0 saturated carbocycles. The maximum Gasteiger partial charge on any atom is 0.0715 e. The molecule has 16 heavy (non-hydrogen) atoms. The van der Waals surface area contributed by atoms with Crippen molar-refractivity contribution in [3.63, 3.8) is 0 Å². The Morgan fingerprint density at radius 3 is 2.88 bits per heavy atom. The Morgan fingerprint density at radius 1 is 1.44 bits per heavy atom. The van der Waals surface area contributed by atoms with E-state index in [4.69, 9.17) is 5.73 Å². The molecule has 1 heterocycles. The first kappa shape index (κ1) is 11.4. The van der Waals surface area contributed by atoms with E-state index in [0.717, 1.165) is 31.5 Å². The minimum atomic E-state index is -0.199. The van der Waals surface area contributed by atoms with Gasteiger partial charge in [0.2, 0.25) is 0 Å². The van der Waals surface area contributed by atoms with E-state index in [9.17, 15) is 5.11 Å². The van der Waals surface area contributed by atoms with E-state index >= 15 is 0 Å². The number of hydrogen-bond donors (Lipinski definition) is 2. The average molecular weight is 220 g/mol. The van der Waals surface area contributed by atoms with Gasteiger partial charge in [0.05, 0.1) is 6.10 Å². The topological polar surface area (TPSA) is 49.5 Å². The monoisotopic (exact) mass is 220 g/mol. The van der Waals surface area contributed by atoms with Crippen LogP contribution < -0.4 is 10.6 Å². The number of para-hydroxylation sites is 1. The summed E-state index contributed by atoms with van der Waals surface area (Å²) in [5, 5.41) is 9.70. The van der Waals surface area contributed by atoms with E-state index in [-0.39, 0.29) is 12.1 Å². The van der Waals surface area contributed by atoms with E-state index in [1.807, 2.05) is 19.1 Å². The van der Waals surface area contributed by atoms with Gasteiger partial charge in [-0.25, -0.2) is 0 Å². The Hall–Kier alpha value is -1.06. The number of hydrogen-bond acceptors (Lipinski definition) is 3. The molecule has 1 aliphatic heterocycles. The molecule has 0 aliphatic carbocycles. The van der Waals surface area contributed by atoms with Crippen molar-refractivity contribution in [2.75, 3.05) is 18.0 Å². The van der Waals surface area contributed by atoms with Gasteiger partial charge in [0.1, 0.15) is 0 Å². The minimum Gasteiger partial charge on any atom is -0.391 e. The van der Waals surface area contributed by atoms with Crippen molar-refractivity contribution in [2.24, 2.45) is 5.73 Å². The largest absolute Gasteiger partial charge is 0.391 e. The molecule has 0 amide bonds. The molecule has 3 heteroatoms. The molecule has 88 valence electrons. The van der Waals surface area contributed by atoms with E-state index < -0.39 is 0 Å². The first-order valence-corrected chi connectivity index (χ1v) is 5.96. The van der Waals surface area contributed by atoms with Crippen LogP contribution in [0.3, 0.4) is 0 Å². The van der Waals surface area contributed by atoms with Gasteiger partial charge in [-0.2, -0.15) is 0 Å². The van der Waals surface area contributed by atoms with Crippen molar-refractivity contribution in [3.8, 4) is 0 Å². The smallest absolute Gasteiger partial charge is 0.0715 e. The zero-order valence-corrected chi connectivity index (χ0v) is 9.76. The van der Waals surface area contributed by atoms with Gasteiger partial charge in [-0.3, -0.25) is 0 Å². The van der Waals surface area contributed by atoms with Gasteiger partial charge in [-0.15, -0.1) is 0 Å². The summed E-state index contributed by atoms with van der Waals surface area (Å²) in [5.74, 6) is 0. The highest BCUT2D eigenvalue weighted by Gasteiger charge is 2.20. The third-order valence-electron chi connectivity index (χ3n) is 3.16. The van der Waals surface area contributed by atoms with E-state index in [1.165, 1.54) is 5.69 Å². The van der Waals surface area contributed by atoms with Crippen LogP contribution in [0.4, 0.5) is 5.69 Å². The predicted octanol–water partition coefficient (Wildman–Crippen LogP) is 1.67. The van der Waals surface area contributed by atoms with Crippen LogP contribution in [0, 0.1) is 0 Å². The van der Waals surface area contributed by atoms with Crippen LogP contribution in [0.1, 0.15) is 31.4 Å². The van der Waals surface area contributed by atoms with Crippen molar-refractivity contribution in [1.29, 1.82) is 0 Å². The maximum absolute atomic E-state index is 9.70. The summed E-state index contributed by atoms with van der Waals surface area (Å²) in [6.07, 6.45) is 1.76. The van der Waals surface area contributed by atoms with Gasteiger partial charge >= 0.3 is 0 Å². The van der Waals surface area contributed by atoms with Crippen molar-refractivity contribution in [1.82, 2.24) is 0 Å². The molecule has 3 nitrogen and oxygen atoms in total. The molecule has 0 radical (unpaired) electrons. The van der Waals surface area contributed by atoms with E-state index in [1.54, 1.807) is 0 Å². The summed E-state index contributed by atoms with van der Waals surface area (Å²) in [6.45, 7) is 3.74. The third-order valence-corrected chi connectivity index (χ3v) is 3.16. The normalized spacial score (nSPS) is 23.2. The quantitative estimate of drug-likeness (QED) is 0.797. The number of aliphatic hydroxyl groups excluding tert-OH is 1. The standard InChI is InChI=1S/C13H20N2O/c1-10(14)12-6-2-3-7-13(12)15-8-4-5-11(16)9-15/h2-3,6-7,10-11,16H,4-5,8-9,14H2,1H3/t10-,11?/m0/s1. The molecule has 3 N–H and O–H groups in total. The van der Waals surface area contributed by atoms with Crippen molar-refractivity contribution >= 4 is 5.69 Å². The molecule has 1 fully saturated rings. The molecule has 1 aliphatic rings. The van der Waals surface area contributed by atoms with Crippen molar-refractivity contribution in [2.45, 2.75) is 31.9 Å². The molecular formula is C13H20N2O. The molecule has 2 atom stereocenters. The second kappa shape index (κ2) is 4.85. The van der Waals surface area contributed by atoms with Crippen molar-refractivity contribution in [3.05, 3.63) is 29.8 Å². The highest BCUT2D eigenvalue weighted by Crippen LogP contribution is 2.27. The van der Waals surface area contributed by atoms with Gasteiger partial charge in [0.25, 0.3) is 0 Å². The zero-order valence-electron chi connectivity index (χ0n) is 9.76. The van der Waals surface area contributed by atoms with Crippen LogP contribution >= 0.6 is 0 Å². The molecular weight excluding hydrogens is 200 g/mol. The molecule has 0 aromatic heterocycles. The molecule has 1 aromatic rings. The maximum atomic E-state index is 9.70. The first-order chi connectivity index (χ1) is 7.68. The zero-order chi connectivity index (χ0) is 11.5. The average Bonchev–Trinajstić information content (AvgIpc) is 2.29. The number of β-amino-alcohol motifs (C(OH)–C–C–N with tert-alkyl or cyclic N) is 1. The molecule has 1 saturated heterocycles. The summed E-state index contributed by atoms with van der Waals surface area (Å²) >= 11 is 0. The molecule has 1 aromatic carbocycles. The lowest BCUT2D eigenvalue weighted by Crippen LogP contribution is -2.39. The Bertz CT molecular complexity index is 352. The van der Waals surface area contributed by atoms with Crippen LogP contribution in [0.25, 0.3) is 0 Å². The number of rotatable bonds is 2. The highest BCUT2D eigenvalue weighted by atomic mass is 16.3. The van der Waals surface area contributed by atoms with Crippen LogP contribution in [0.5, 0.6) is 0 Å². The fourth-order valence-corrected chi connectivity index (χ4v) is 2.33. The molecule has 0 spiro atoms. The Kier molecular flexibility index (Phi) is 3.46. The highest BCUT2D eigenvalue weighted by molar-refractivity contribution is 5.55. The third kappa shape index (κ3) is 2.36. The van der Waals surface area contributed by atoms with Crippen molar-refractivity contribution < 1.29 is 5.11 Å². The lowest BCUT2D eigenvalue weighted by molar-refractivity contribution is 0.154. The first-order valence-electron chi connectivity index (χ1n) is 5.96. The van der Waals surface area contributed by atoms with Crippen LogP contribution in [0.2, 0.25) is 0 Å². The number of nitrogens with zero attached hydrogens (tertiary/aromatic N) is 1. The van der Waals surface area contributed by atoms with E-state index in [2.05, 4.69) is 17.0 Å². The summed E-state index contributed by atoms with van der Waals surface area (Å²) < 4.78 is 0. The van der Waals surface area contributed by atoms with Crippen LogP contribution in [-0.4, -0.2) is 24.3 Å². The number of piperidine rings is 1. The summed E-state index contributed by atoms with van der Waals surface area (Å²) in [4.78, 5) is 2.24. The SMILES string of the molecule is C[C@H](N)c1ccccc1N1CCCC(O)C1. The number of anilines is 1. The fraction of sp³-hybridized carbons (Fsp3) is 0.538. The predicted molar refractivity (Wildman–Crippen MR) is 66.5 cm³/mol. The number of benzene rings is 1. The van der Waals surface area contributed by atoms with Gasteiger partial charge in [-0.1, -0.05) is 18.2 Å². The van der Waals surface area contributed by atoms with Gasteiger partial charge in [-0.05, 0) is 31.4 Å².